The predicted molar refractivity (Wildman–Crippen MR) is 74.4 cm³/mol. The van der Waals surface area contributed by atoms with Crippen LogP contribution in [0.15, 0.2) is 30.5 Å². The van der Waals surface area contributed by atoms with E-state index in [0.717, 1.165) is 5.52 Å². The first kappa shape index (κ1) is 11.6. The first-order valence-corrected chi connectivity index (χ1v) is 6.54. The highest BCUT2D eigenvalue weighted by Gasteiger charge is 2.32. The molecule has 2 N–H and O–H groups in total. The molecule has 1 saturated heterocycles. The van der Waals surface area contributed by atoms with Crippen molar-refractivity contribution in [1.82, 2.24) is 15.8 Å². The number of hydrazine groups is 1. The molecule has 2 atom stereocenters. The third-order valence-electron chi connectivity index (χ3n) is 3.98. The predicted octanol–water partition coefficient (Wildman–Crippen LogP) is 2.51. The zero-order valence-corrected chi connectivity index (χ0v) is 11.1. The van der Waals surface area contributed by atoms with Crippen LogP contribution >= 0.6 is 0 Å². The highest BCUT2D eigenvalue weighted by atomic mass is 15.4. The summed E-state index contributed by atoms with van der Waals surface area (Å²) in [6, 6.07) is 9.52. The summed E-state index contributed by atoms with van der Waals surface area (Å²) in [6.07, 6.45) is 1.87. The second-order valence-electron chi connectivity index (χ2n) is 5.26. The first-order valence-electron chi connectivity index (χ1n) is 6.54. The fraction of sp³-hybridized carbons (Fsp3) is 0.400. The minimum absolute atomic E-state index is 0.436. The van der Waals surface area contributed by atoms with Gasteiger partial charge in [0.05, 0.1) is 5.52 Å². The summed E-state index contributed by atoms with van der Waals surface area (Å²) in [5, 5.41) is 1.28. The molecule has 0 aliphatic carbocycles. The summed E-state index contributed by atoms with van der Waals surface area (Å²) < 4.78 is 0. The average molecular weight is 241 g/mol. The van der Waals surface area contributed by atoms with Crippen molar-refractivity contribution in [3.8, 4) is 0 Å². The van der Waals surface area contributed by atoms with Gasteiger partial charge in [-0.3, -0.25) is 15.8 Å². The van der Waals surface area contributed by atoms with Gasteiger partial charge < -0.3 is 0 Å². The average Bonchev–Trinajstić information content (AvgIpc) is 2.71. The van der Waals surface area contributed by atoms with Gasteiger partial charge in [-0.05, 0) is 38.0 Å². The Morgan fingerprint density at radius 3 is 2.50 bits per heavy atom. The normalized spacial score (nSPS) is 27.8. The Labute approximate surface area is 108 Å². The fourth-order valence-corrected chi connectivity index (χ4v) is 3.04. The van der Waals surface area contributed by atoms with Crippen molar-refractivity contribution in [1.29, 1.82) is 0 Å². The number of hydrogen-bond acceptors (Lipinski definition) is 3. The van der Waals surface area contributed by atoms with Crippen LogP contribution in [-0.2, 0) is 0 Å². The van der Waals surface area contributed by atoms with E-state index in [2.05, 4.69) is 54.8 Å². The van der Waals surface area contributed by atoms with Crippen molar-refractivity contribution in [3.63, 3.8) is 0 Å². The lowest BCUT2D eigenvalue weighted by molar-refractivity contribution is 0.567. The molecule has 1 aromatic heterocycles. The highest BCUT2D eigenvalue weighted by Crippen LogP contribution is 2.32. The van der Waals surface area contributed by atoms with Crippen LogP contribution in [0.3, 0.4) is 0 Å². The third-order valence-corrected chi connectivity index (χ3v) is 3.98. The molecule has 2 heterocycles. The molecule has 1 aliphatic heterocycles. The van der Waals surface area contributed by atoms with Crippen molar-refractivity contribution in [2.75, 3.05) is 0 Å². The molecule has 18 heavy (non-hydrogen) atoms. The standard InChI is InChI=1S/C15H19N3/c1-9-6-7-12(13-5-4-8-16-15(9)13)14-10(2)17-18-11(14)3/h4-8,10-11,14,17-18H,1-3H3. The second kappa shape index (κ2) is 4.34. The Hall–Kier alpha value is -1.45. The van der Waals surface area contributed by atoms with Gasteiger partial charge in [0.15, 0.2) is 0 Å². The monoisotopic (exact) mass is 241 g/mol. The Kier molecular flexibility index (Phi) is 2.80. The van der Waals surface area contributed by atoms with E-state index >= 15 is 0 Å². The maximum absolute atomic E-state index is 4.52. The molecule has 2 aromatic rings. The third kappa shape index (κ3) is 1.71. The van der Waals surface area contributed by atoms with Crippen molar-refractivity contribution in [2.24, 2.45) is 0 Å². The zero-order valence-electron chi connectivity index (χ0n) is 11.1. The molecule has 0 saturated carbocycles. The molecule has 1 aromatic carbocycles. The molecule has 3 rings (SSSR count). The van der Waals surface area contributed by atoms with Gasteiger partial charge in [0.1, 0.15) is 0 Å². The molecule has 0 radical (unpaired) electrons. The number of fused-ring (bicyclic) bond motifs is 1. The van der Waals surface area contributed by atoms with Gasteiger partial charge in [0.2, 0.25) is 0 Å². The van der Waals surface area contributed by atoms with Gasteiger partial charge in [-0.2, -0.15) is 0 Å². The molecule has 1 fully saturated rings. The number of aryl methyl sites for hydroxylation is 1. The SMILES string of the molecule is Cc1ccc(C2C(C)NNC2C)c2cccnc12. The van der Waals surface area contributed by atoms with Gasteiger partial charge in [0, 0.05) is 29.6 Å². The maximum atomic E-state index is 4.52. The molecule has 3 heteroatoms. The van der Waals surface area contributed by atoms with E-state index in [1.165, 1.54) is 16.5 Å². The summed E-state index contributed by atoms with van der Waals surface area (Å²) in [7, 11) is 0. The number of rotatable bonds is 1. The largest absolute Gasteiger partial charge is 0.256 e. The number of nitrogens with one attached hydrogen (secondary N) is 2. The number of nitrogens with zero attached hydrogens (tertiary/aromatic N) is 1. The van der Waals surface area contributed by atoms with Gasteiger partial charge in [-0.15, -0.1) is 0 Å². The van der Waals surface area contributed by atoms with Gasteiger partial charge >= 0.3 is 0 Å². The van der Waals surface area contributed by atoms with E-state index in [0.29, 0.717) is 18.0 Å². The molecule has 0 bridgehead atoms. The van der Waals surface area contributed by atoms with Crippen molar-refractivity contribution in [2.45, 2.75) is 38.8 Å². The molecular weight excluding hydrogens is 222 g/mol. The second-order valence-corrected chi connectivity index (χ2v) is 5.26. The Morgan fingerprint density at radius 2 is 1.78 bits per heavy atom. The lowest BCUT2D eigenvalue weighted by Crippen LogP contribution is -2.30. The summed E-state index contributed by atoms with van der Waals surface area (Å²) in [5.41, 5.74) is 10.4. The number of aromatic nitrogens is 1. The van der Waals surface area contributed by atoms with E-state index in [4.69, 9.17) is 0 Å². The van der Waals surface area contributed by atoms with Crippen LogP contribution in [0.1, 0.15) is 30.9 Å². The topological polar surface area (TPSA) is 37.0 Å². The van der Waals surface area contributed by atoms with E-state index in [-0.39, 0.29) is 0 Å². The summed E-state index contributed by atoms with van der Waals surface area (Å²) in [4.78, 5) is 4.52. The smallest absolute Gasteiger partial charge is 0.0733 e. The molecule has 94 valence electrons. The molecule has 0 amide bonds. The number of hydrogen-bond donors (Lipinski definition) is 2. The van der Waals surface area contributed by atoms with Crippen LogP contribution in [-0.4, -0.2) is 17.1 Å². The Balaban J connectivity index is 2.21. The van der Waals surface area contributed by atoms with E-state index < -0.39 is 0 Å². The minimum atomic E-state index is 0.436. The maximum Gasteiger partial charge on any atom is 0.0733 e. The minimum Gasteiger partial charge on any atom is -0.256 e. The fourth-order valence-electron chi connectivity index (χ4n) is 3.04. The molecule has 2 unspecified atom stereocenters. The summed E-state index contributed by atoms with van der Waals surface area (Å²) in [5.74, 6) is 0.484. The quantitative estimate of drug-likeness (QED) is 0.805. The summed E-state index contributed by atoms with van der Waals surface area (Å²) in [6.45, 7) is 6.57. The van der Waals surface area contributed by atoms with Crippen LogP contribution in [0.5, 0.6) is 0 Å². The van der Waals surface area contributed by atoms with Crippen LogP contribution in [0.25, 0.3) is 10.9 Å². The van der Waals surface area contributed by atoms with Crippen molar-refractivity contribution < 1.29 is 0 Å². The molecule has 3 nitrogen and oxygen atoms in total. The zero-order chi connectivity index (χ0) is 12.7. The lowest BCUT2D eigenvalue weighted by atomic mass is 9.85. The van der Waals surface area contributed by atoms with Crippen molar-refractivity contribution in [3.05, 3.63) is 41.6 Å². The van der Waals surface area contributed by atoms with E-state index in [9.17, 15) is 0 Å². The van der Waals surface area contributed by atoms with Crippen LogP contribution in [0.4, 0.5) is 0 Å². The number of pyridine rings is 1. The van der Waals surface area contributed by atoms with Crippen LogP contribution in [0, 0.1) is 6.92 Å². The molecular formula is C15H19N3. The highest BCUT2D eigenvalue weighted by molar-refractivity contribution is 5.85. The number of benzene rings is 1. The van der Waals surface area contributed by atoms with Crippen LogP contribution < -0.4 is 10.9 Å². The van der Waals surface area contributed by atoms with Gasteiger partial charge in [-0.25, -0.2) is 0 Å². The van der Waals surface area contributed by atoms with Gasteiger partial charge in [-0.1, -0.05) is 18.2 Å². The lowest BCUT2D eigenvalue weighted by Gasteiger charge is -2.20. The molecule has 1 aliphatic rings. The van der Waals surface area contributed by atoms with Gasteiger partial charge in [0.25, 0.3) is 0 Å². The van der Waals surface area contributed by atoms with Crippen molar-refractivity contribution >= 4 is 10.9 Å². The summed E-state index contributed by atoms with van der Waals surface area (Å²) >= 11 is 0. The molecule has 0 spiro atoms. The Bertz CT molecular complexity index is 569. The van der Waals surface area contributed by atoms with E-state index in [1.807, 2.05) is 12.3 Å². The Morgan fingerprint density at radius 1 is 1.06 bits per heavy atom. The first-order chi connectivity index (χ1) is 8.68. The van der Waals surface area contributed by atoms with E-state index in [1.54, 1.807) is 0 Å². The van der Waals surface area contributed by atoms with Crippen LogP contribution in [0.2, 0.25) is 0 Å².